The monoisotopic (exact) mass is 170 g/mol. The molecule has 0 aromatic carbocycles. The zero-order valence-corrected chi connectivity index (χ0v) is 8.64. The molecule has 1 saturated heterocycles. The van der Waals surface area contributed by atoms with Gasteiger partial charge in [0, 0.05) is 18.8 Å². The number of rotatable bonds is 4. The summed E-state index contributed by atoms with van der Waals surface area (Å²) in [4.78, 5) is 2.43. The van der Waals surface area contributed by atoms with E-state index in [0.717, 1.165) is 18.8 Å². The molecule has 0 aromatic heterocycles. The standard InChI is InChI=1S/C10H22N2/c1-4-6-7-9-10(5-2)12(3)8-11-9/h9-11H,4-8H2,1-3H3. The molecule has 0 bridgehead atoms. The van der Waals surface area contributed by atoms with Crippen molar-refractivity contribution in [1.82, 2.24) is 10.2 Å². The van der Waals surface area contributed by atoms with Gasteiger partial charge in [0.05, 0.1) is 0 Å². The lowest BCUT2D eigenvalue weighted by Gasteiger charge is -2.22. The fraction of sp³-hybridized carbons (Fsp3) is 1.00. The maximum atomic E-state index is 3.57. The molecule has 2 nitrogen and oxygen atoms in total. The van der Waals surface area contributed by atoms with Gasteiger partial charge in [-0.15, -0.1) is 0 Å². The van der Waals surface area contributed by atoms with Gasteiger partial charge >= 0.3 is 0 Å². The summed E-state index contributed by atoms with van der Waals surface area (Å²) in [6, 6.07) is 1.52. The minimum Gasteiger partial charge on any atom is -0.300 e. The maximum Gasteiger partial charge on any atom is 0.0483 e. The van der Waals surface area contributed by atoms with E-state index in [1.54, 1.807) is 0 Å². The van der Waals surface area contributed by atoms with E-state index in [0.29, 0.717) is 0 Å². The lowest BCUT2D eigenvalue weighted by atomic mass is 10.0. The topological polar surface area (TPSA) is 15.3 Å². The molecule has 1 aliphatic rings. The summed E-state index contributed by atoms with van der Waals surface area (Å²) < 4.78 is 0. The number of nitrogens with zero attached hydrogens (tertiary/aromatic N) is 1. The molecule has 0 aliphatic carbocycles. The van der Waals surface area contributed by atoms with Crippen LogP contribution < -0.4 is 5.32 Å². The lowest BCUT2D eigenvalue weighted by molar-refractivity contribution is 0.283. The highest BCUT2D eigenvalue weighted by molar-refractivity contribution is 4.87. The Morgan fingerprint density at radius 3 is 2.75 bits per heavy atom. The average molecular weight is 170 g/mol. The van der Waals surface area contributed by atoms with E-state index in [9.17, 15) is 0 Å². The average Bonchev–Trinajstić information content (AvgIpc) is 2.43. The Labute approximate surface area is 76.3 Å². The van der Waals surface area contributed by atoms with Crippen LogP contribution in [0.2, 0.25) is 0 Å². The van der Waals surface area contributed by atoms with Crippen molar-refractivity contribution in [1.29, 1.82) is 0 Å². The SMILES string of the molecule is CCCCC1NCN(C)C1CC. The normalized spacial score (nSPS) is 31.2. The molecule has 1 N–H and O–H groups in total. The van der Waals surface area contributed by atoms with Crippen molar-refractivity contribution in [3.63, 3.8) is 0 Å². The van der Waals surface area contributed by atoms with Crippen LogP contribution >= 0.6 is 0 Å². The van der Waals surface area contributed by atoms with E-state index in [4.69, 9.17) is 0 Å². The highest BCUT2D eigenvalue weighted by atomic mass is 15.3. The van der Waals surface area contributed by atoms with Gasteiger partial charge in [-0.05, 0) is 19.9 Å². The molecule has 12 heavy (non-hydrogen) atoms. The Kier molecular flexibility index (Phi) is 4.02. The zero-order valence-electron chi connectivity index (χ0n) is 8.64. The molecular formula is C10H22N2. The van der Waals surface area contributed by atoms with E-state index in [1.165, 1.54) is 25.7 Å². The van der Waals surface area contributed by atoms with Crippen LogP contribution in [0.25, 0.3) is 0 Å². The van der Waals surface area contributed by atoms with Gasteiger partial charge in [-0.25, -0.2) is 0 Å². The second-order valence-corrected chi connectivity index (χ2v) is 3.84. The molecule has 0 aromatic rings. The highest BCUT2D eigenvalue weighted by Gasteiger charge is 2.28. The molecule has 72 valence electrons. The number of likely N-dealkylation sites (N-methyl/N-ethyl adjacent to an activating group) is 1. The maximum absolute atomic E-state index is 3.57. The summed E-state index contributed by atoms with van der Waals surface area (Å²) in [5, 5.41) is 3.57. The second kappa shape index (κ2) is 4.83. The third-order valence-corrected chi connectivity index (χ3v) is 2.92. The summed E-state index contributed by atoms with van der Waals surface area (Å²) in [6.07, 6.45) is 5.30. The predicted molar refractivity (Wildman–Crippen MR) is 53.2 cm³/mol. The van der Waals surface area contributed by atoms with E-state index in [2.05, 4.69) is 31.1 Å². The molecule has 0 spiro atoms. The van der Waals surface area contributed by atoms with E-state index in [1.807, 2.05) is 0 Å². The van der Waals surface area contributed by atoms with Crippen LogP contribution in [0.5, 0.6) is 0 Å². The quantitative estimate of drug-likeness (QED) is 0.692. The molecule has 1 heterocycles. The van der Waals surface area contributed by atoms with Gasteiger partial charge in [0.25, 0.3) is 0 Å². The van der Waals surface area contributed by atoms with Crippen LogP contribution in [0.3, 0.4) is 0 Å². The van der Waals surface area contributed by atoms with Gasteiger partial charge < -0.3 is 0 Å². The van der Waals surface area contributed by atoms with Crippen molar-refractivity contribution in [2.75, 3.05) is 13.7 Å². The van der Waals surface area contributed by atoms with Crippen LogP contribution in [0, 0.1) is 0 Å². The fourth-order valence-electron chi connectivity index (χ4n) is 2.14. The third-order valence-electron chi connectivity index (χ3n) is 2.92. The summed E-state index contributed by atoms with van der Waals surface area (Å²) >= 11 is 0. The first-order valence-corrected chi connectivity index (χ1v) is 5.23. The molecule has 0 radical (unpaired) electrons. The minimum absolute atomic E-state index is 0.750. The van der Waals surface area contributed by atoms with Crippen molar-refractivity contribution >= 4 is 0 Å². The zero-order chi connectivity index (χ0) is 8.97. The van der Waals surface area contributed by atoms with Gasteiger partial charge in [0.15, 0.2) is 0 Å². The molecule has 1 fully saturated rings. The summed E-state index contributed by atoms with van der Waals surface area (Å²) in [7, 11) is 2.22. The van der Waals surface area contributed by atoms with Crippen LogP contribution in [-0.2, 0) is 0 Å². The van der Waals surface area contributed by atoms with Crippen molar-refractivity contribution in [3.8, 4) is 0 Å². The Hall–Kier alpha value is -0.0800. The Bertz CT molecular complexity index is 125. The van der Waals surface area contributed by atoms with Gasteiger partial charge in [-0.2, -0.15) is 0 Å². The first-order valence-electron chi connectivity index (χ1n) is 5.23. The van der Waals surface area contributed by atoms with Crippen LogP contribution in [0.1, 0.15) is 39.5 Å². The van der Waals surface area contributed by atoms with Gasteiger partial charge in [0.2, 0.25) is 0 Å². The minimum atomic E-state index is 0.750. The molecule has 2 unspecified atom stereocenters. The number of unbranched alkanes of at least 4 members (excludes halogenated alkanes) is 1. The highest BCUT2D eigenvalue weighted by Crippen LogP contribution is 2.17. The molecule has 1 aliphatic heterocycles. The molecule has 0 saturated carbocycles. The Balaban J connectivity index is 2.32. The number of nitrogens with one attached hydrogen (secondary N) is 1. The lowest BCUT2D eigenvalue weighted by Crippen LogP contribution is -2.33. The van der Waals surface area contributed by atoms with Crippen molar-refractivity contribution in [2.24, 2.45) is 0 Å². The molecular weight excluding hydrogens is 148 g/mol. The van der Waals surface area contributed by atoms with Crippen molar-refractivity contribution in [2.45, 2.75) is 51.6 Å². The molecule has 2 atom stereocenters. The molecule has 1 rings (SSSR count). The first kappa shape index (κ1) is 10.0. The Morgan fingerprint density at radius 2 is 2.17 bits per heavy atom. The van der Waals surface area contributed by atoms with E-state index >= 15 is 0 Å². The van der Waals surface area contributed by atoms with Crippen molar-refractivity contribution < 1.29 is 0 Å². The number of hydrogen-bond donors (Lipinski definition) is 1. The summed E-state index contributed by atoms with van der Waals surface area (Å²) in [5.41, 5.74) is 0. The first-order chi connectivity index (χ1) is 5.79. The summed E-state index contributed by atoms with van der Waals surface area (Å²) in [6.45, 7) is 5.62. The van der Waals surface area contributed by atoms with Gasteiger partial charge in [0.1, 0.15) is 0 Å². The predicted octanol–water partition coefficient (Wildman–Crippen LogP) is 1.82. The van der Waals surface area contributed by atoms with Crippen LogP contribution in [-0.4, -0.2) is 30.7 Å². The summed E-state index contributed by atoms with van der Waals surface area (Å²) in [5.74, 6) is 0. The van der Waals surface area contributed by atoms with E-state index < -0.39 is 0 Å². The largest absolute Gasteiger partial charge is 0.300 e. The van der Waals surface area contributed by atoms with E-state index in [-0.39, 0.29) is 0 Å². The Morgan fingerprint density at radius 1 is 1.42 bits per heavy atom. The fourth-order valence-corrected chi connectivity index (χ4v) is 2.14. The van der Waals surface area contributed by atoms with Gasteiger partial charge in [-0.1, -0.05) is 26.7 Å². The smallest absolute Gasteiger partial charge is 0.0483 e. The van der Waals surface area contributed by atoms with Crippen molar-refractivity contribution in [3.05, 3.63) is 0 Å². The van der Waals surface area contributed by atoms with Crippen LogP contribution in [0.15, 0.2) is 0 Å². The third kappa shape index (κ3) is 2.20. The molecule has 0 amide bonds. The van der Waals surface area contributed by atoms with Gasteiger partial charge in [-0.3, -0.25) is 10.2 Å². The van der Waals surface area contributed by atoms with Crippen LogP contribution in [0.4, 0.5) is 0 Å². The second-order valence-electron chi connectivity index (χ2n) is 3.84. The molecule has 2 heteroatoms. The number of hydrogen-bond acceptors (Lipinski definition) is 2.